The van der Waals surface area contributed by atoms with Crippen LogP contribution in [0.4, 0.5) is 24.8 Å². The summed E-state index contributed by atoms with van der Waals surface area (Å²) < 4.78 is 41.1. The highest BCUT2D eigenvalue weighted by Crippen LogP contribution is 2.36. The molecule has 1 fully saturated rings. The molecule has 44 heavy (non-hydrogen) atoms. The molecule has 1 saturated carbocycles. The van der Waals surface area contributed by atoms with Gasteiger partial charge in [0.25, 0.3) is 0 Å². The lowest BCUT2D eigenvalue weighted by Gasteiger charge is -2.35. The predicted octanol–water partition coefficient (Wildman–Crippen LogP) is 6.81. The number of halogens is 3. The van der Waals surface area contributed by atoms with Gasteiger partial charge in [-0.15, -0.1) is 5.10 Å². The number of fused-ring (bicyclic) bond motifs is 1. The second-order valence-electron chi connectivity index (χ2n) is 12.2. The summed E-state index contributed by atoms with van der Waals surface area (Å²) in [7, 11) is 0. The number of H-pyrrole nitrogens is 1. The Morgan fingerprint density at radius 1 is 1.05 bits per heavy atom. The van der Waals surface area contributed by atoms with Crippen molar-refractivity contribution in [3.8, 4) is 6.07 Å². The number of benzene rings is 2. The number of hydrogen-bond acceptors (Lipinski definition) is 6. The lowest BCUT2D eigenvalue weighted by molar-refractivity contribution is -0.143. The Kier molecular flexibility index (Phi) is 9.47. The van der Waals surface area contributed by atoms with Crippen molar-refractivity contribution in [1.82, 2.24) is 15.2 Å². The standard InChI is InChI=1S/C33H39F3N6O2/c1-3-41(18-22-8-10-25(11-9-22)31(43)44)30-16-27-7-5-4-6-26(27)15-28(30)20-42(32-38-21(2)39-40-32)19-24-12-23(17-37)13-29(14-24)33(34,35)36/h12-16,22,25H,3-11,18-20H2,1-2H3,(H,43,44)(H,38,39,40)/t22-,25-. The minimum absolute atomic E-state index is 0.0508. The van der Waals surface area contributed by atoms with Crippen molar-refractivity contribution in [1.29, 1.82) is 5.26 Å². The van der Waals surface area contributed by atoms with E-state index >= 15 is 0 Å². The van der Waals surface area contributed by atoms with E-state index in [4.69, 9.17) is 0 Å². The zero-order valence-corrected chi connectivity index (χ0v) is 25.3. The van der Waals surface area contributed by atoms with Gasteiger partial charge in [-0.3, -0.25) is 9.89 Å². The van der Waals surface area contributed by atoms with Crippen molar-refractivity contribution < 1.29 is 23.1 Å². The van der Waals surface area contributed by atoms with E-state index in [0.29, 0.717) is 42.6 Å². The van der Waals surface area contributed by atoms with Crippen LogP contribution in [-0.2, 0) is 36.9 Å². The van der Waals surface area contributed by atoms with Crippen LogP contribution in [0.15, 0.2) is 30.3 Å². The molecular weight excluding hydrogens is 569 g/mol. The van der Waals surface area contributed by atoms with Crippen molar-refractivity contribution in [3.63, 3.8) is 0 Å². The zero-order chi connectivity index (χ0) is 31.4. The van der Waals surface area contributed by atoms with Crippen LogP contribution >= 0.6 is 0 Å². The van der Waals surface area contributed by atoms with E-state index in [1.165, 1.54) is 17.2 Å². The van der Waals surface area contributed by atoms with Gasteiger partial charge in [-0.2, -0.15) is 23.4 Å². The molecule has 2 N–H and O–H groups in total. The number of nitriles is 1. The molecule has 0 aliphatic heterocycles. The minimum atomic E-state index is -4.58. The lowest BCUT2D eigenvalue weighted by atomic mass is 9.81. The van der Waals surface area contributed by atoms with Crippen LogP contribution in [0, 0.1) is 30.1 Å². The number of aliphatic carboxylic acids is 1. The van der Waals surface area contributed by atoms with Crippen molar-refractivity contribution in [2.24, 2.45) is 11.8 Å². The fourth-order valence-electron chi connectivity index (χ4n) is 6.65. The number of hydrogen-bond donors (Lipinski definition) is 2. The number of nitrogens with zero attached hydrogens (tertiary/aromatic N) is 5. The van der Waals surface area contributed by atoms with Gasteiger partial charge in [0.1, 0.15) is 5.82 Å². The second kappa shape index (κ2) is 13.3. The van der Waals surface area contributed by atoms with Gasteiger partial charge in [0.05, 0.1) is 23.1 Å². The van der Waals surface area contributed by atoms with E-state index in [2.05, 4.69) is 39.1 Å². The first-order valence-electron chi connectivity index (χ1n) is 15.4. The Morgan fingerprint density at radius 2 is 1.75 bits per heavy atom. The summed E-state index contributed by atoms with van der Waals surface area (Å²) in [5.74, 6) is 0.367. The minimum Gasteiger partial charge on any atom is -0.481 e. The molecule has 0 amide bonds. The molecular formula is C33H39F3N6O2. The molecule has 11 heteroatoms. The average Bonchev–Trinajstić information content (AvgIpc) is 3.45. The van der Waals surface area contributed by atoms with Crippen molar-refractivity contribution >= 4 is 17.6 Å². The number of aryl methyl sites for hydroxylation is 3. The summed E-state index contributed by atoms with van der Waals surface area (Å²) in [6.07, 6.45) is 2.77. The smallest absolute Gasteiger partial charge is 0.416 e. The van der Waals surface area contributed by atoms with Gasteiger partial charge in [0, 0.05) is 31.9 Å². The number of alkyl halides is 3. The summed E-state index contributed by atoms with van der Waals surface area (Å²) >= 11 is 0. The molecule has 1 aromatic heterocycles. The molecule has 2 aromatic carbocycles. The highest BCUT2D eigenvalue weighted by molar-refractivity contribution is 5.70. The quantitative estimate of drug-likeness (QED) is 0.260. The normalized spacial score (nSPS) is 18.4. The van der Waals surface area contributed by atoms with Crippen molar-refractivity contribution in [3.05, 3.63) is 69.5 Å². The van der Waals surface area contributed by atoms with Crippen LogP contribution in [0.25, 0.3) is 0 Å². The fourth-order valence-corrected chi connectivity index (χ4v) is 6.65. The van der Waals surface area contributed by atoms with Crippen LogP contribution in [0.2, 0.25) is 0 Å². The van der Waals surface area contributed by atoms with Gasteiger partial charge < -0.3 is 14.9 Å². The molecule has 0 saturated heterocycles. The highest BCUT2D eigenvalue weighted by atomic mass is 19.4. The van der Waals surface area contributed by atoms with Gasteiger partial charge in [0.15, 0.2) is 0 Å². The highest BCUT2D eigenvalue weighted by Gasteiger charge is 2.32. The Morgan fingerprint density at radius 3 is 2.34 bits per heavy atom. The van der Waals surface area contributed by atoms with Crippen LogP contribution in [0.3, 0.4) is 0 Å². The van der Waals surface area contributed by atoms with Gasteiger partial charge in [-0.05, 0) is 118 Å². The maximum atomic E-state index is 13.7. The van der Waals surface area contributed by atoms with Crippen molar-refractivity contribution in [2.45, 2.75) is 84.5 Å². The third-order valence-electron chi connectivity index (χ3n) is 8.99. The van der Waals surface area contributed by atoms with E-state index in [1.807, 2.05) is 11.0 Å². The molecule has 0 unspecified atom stereocenters. The number of carbonyl (C=O) groups is 1. The summed E-state index contributed by atoms with van der Waals surface area (Å²) in [6, 6.07) is 9.84. The third kappa shape index (κ3) is 7.34. The largest absolute Gasteiger partial charge is 0.481 e. The van der Waals surface area contributed by atoms with Gasteiger partial charge in [-0.1, -0.05) is 6.07 Å². The SMILES string of the molecule is CCN(C[C@H]1CC[C@H](C(=O)O)CC1)c1cc2c(cc1CN(Cc1cc(C#N)cc(C(F)(F)F)c1)c1n[nH]c(C)n1)CCCC2. The number of anilines is 2. The Labute approximate surface area is 255 Å². The molecule has 2 aliphatic rings. The number of aromatic nitrogens is 3. The molecule has 1 heterocycles. The van der Waals surface area contributed by atoms with Crippen LogP contribution in [0.1, 0.15) is 84.7 Å². The maximum Gasteiger partial charge on any atom is 0.416 e. The van der Waals surface area contributed by atoms with Gasteiger partial charge in [-0.25, -0.2) is 0 Å². The lowest BCUT2D eigenvalue weighted by Crippen LogP contribution is -2.34. The predicted molar refractivity (Wildman–Crippen MR) is 161 cm³/mol. The third-order valence-corrected chi connectivity index (χ3v) is 8.99. The number of rotatable bonds is 10. The first-order valence-corrected chi connectivity index (χ1v) is 15.4. The Hall–Kier alpha value is -4.07. The second-order valence-corrected chi connectivity index (χ2v) is 12.2. The molecule has 3 aromatic rings. The van der Waals surface area contributed by atoms with Crippen LogP contribution < -0.4 is 9.80 Å². The van der Waals surface area contributed by atoms with E-state index in [9.17, 15) is 28.3 Å². The zero-order valence-electron chi connectivity index (χ0n) is 25.3. The number of carboxylic acids is 1. The van der Waals surface area contributed by atoms with Crippen LogP contribution in [0.5, 0.6) is 0 Å². The molecule has 5 rings (SSSR count). The van der Waals surface area contributed by atoms with E-state index in [-0.39, 0.29) is 18.0 Å². The number of nitrogens with one attached hydrogen (secondary N) is 1. The first kappa shape index (κ1) is 31.4. The molecule has 8 nitrogen and oxygen atoms in total. The van der Waals surface area contributed by atoms with Crippen molar-refractivity contribution in [2.75, 3.05) is 22.9 Å². The summed E-state index contributed by atoms with van der Waals surface area (Å²) in [4.78, 5) is 20.3. The van der Waals surface area contributed by atoms with Gasteiger partial charge in [0.2, 0.25) is 5.95 Å². The molecule has 234 valence electrons. The average molecular weight is 609 g/mol. The monoisotopic (exact) mass is 608 g/mol. The summed E-state index contributed by atoms with van der Waals surface area (Å²) in [5, 5.41) is 26.1. The Balaban J connectivity index is 1.49. The molecule has 0 spiro atoms. The molecule has 0 radical (unpaired) electrons. The number of aromatic amines is 1. The maximum absolute atomic E-state index is 13.7. The van der Waals surface area contributed by atoms with E-state index in [0.717, 1.165) is 75.0 Å². The summed E-state index contributed by atoms with van der Waals surface area (Å²) in [6.45, 7) is 5.92. The first-order chi connectivity index (χ1) is 21.0. The summed E-state index contributed by atoms with van der Waals surface area (Å²) in [5.41, 5.74) is 4.20. The molecule has 0 bridgehead atoms. The number of carboxylic acid groups (broad SMARTS) is 1. The fraction of sp³-hybridized carbons (Fsp3) is 0.515. The van der Waals surface area contributed by atoms with Crippen LogP contribution in [-0.4, -0.2) is 39.3 Å². The Bertz CT molecular complexity index is 1520. The topological polar surface area (TPSA) is 109 Å². The molecule has 0 atom stereocenters. The van der Waals surface area contributed by atoms with E-state index < -0.39 is 17.7 Å². The van der Waals surface area contributed by atoms with E-state index in [1.54, 1.807) is 6.92 Å². The van der Waals surface area contributed by atoms with Gasteiger partial charge >= 0.3 is 12.1 Å². The molecule has 2 aliphatic carbocycles.